The van der Waals surface area contributed by atoms with E-state index >= 15 is 0 Å². The SMILES string of the molecule is CN(C(=O)O)c1cccc(OC(=O)Nc2ccc(F)cc2)c1. The van der Waals surface area contributed by atoms with Gasteiger partial charge in [-0.05, 0) is 36.4 Å². The summed E-state index contributed by atoms with van der Waals surface area (Å²) in [6, 6.07) is 11.3. The molecule has 0 aliphatic carbocycles. The van der Waals surface area contributed by atoms with Crippen LogP contribution in [0.3, 0.4) is 0 Å². The second kappa shape index (κ2) is 6.57. The number of carboxylic acid groups (broad SMARTS) is 1. The summed E-state index contributed by atoms with van der Waals surface area (Å²) in [6.45, 7) is 0. The Balaban J connectivity index is 2.04. The first-order chi connectivity index (χ1) is 10.5. The Morgan fingerprint density at radius 1 is 1.18 bits per heavy atom. The highest BCUT2D eigenvalue weighted by molar-refractivity contribution is 5.87. The molecule has 2 aromatic carbocycles. The topological polar surface area (TPSA) is 78.9 Å². The molecule has 0 aliphatic rings. The van der Waals surface area contributed by atoms with Crippen molar-refractivity contribution >= 4 is 23.6 Å². The van der Waals surface area contributed by atoms with Crippen LogP contribution in [-0.4, -0.2) is 24.3 Å². The number of anilines is 2. The monoisotopic (exact) mass is 304 g/mol. The third kappa shape index (κ3) is 3.95. The lowest BCUT2D eigenvalue weighted by Crippen LogP contribution is -2.23. The number of nitrogens with one attached hydrogen (secondary N) is 1. The van der Waals surface area contributed by atoms with Crippen molar-refractivity contribution in [1.82, 2.24) is 0 Å². The number of halogens is 1. The summed E-state index contributed by atoms with van der Waals surface area (Å²) >= 11 is 0. The van der Waals surface area contributed by atoms with Crippen molar-refractivity contribution in [2.45, 2.75) is 0 Å². The van der Waals surface area contributed by atoms with Gasteiger partial charge in [0.1, 0.15) is 11.6 Å². The van der Waals surface area contributed by atoms with Gasteiger partial charge in [0.25, 0.3) is 0 Å². The number of ether oxygens (including phenoxy) is 1. The van der Waals surface area contributed by atoms with Crippen molar-refractivity contribution in [3.63, 3.8) is 0 Å². The van der Waals surface area contributed by atoms with Crippen molar-refractivity contribution in [3.05, 3.63) is 54.3 Å². The van der Waals surface area contributed by atoms with Gasteiger partial charge in [0.15, 0.2) is 0 Å². The van der Waals surface area contributed by atoms with Crippen molar-refractivity contribution in [2.75, 3.05) is 17.3 Å². The van der Waals surface area contributed by atoms with Gasteiger partial charge in [-0.2, -0.15) is 0 Å². The molecule has 0 unspecified atom stereocenters. The minimum atomic E-state index is -1.13. The van der Waals surface area contributed by atoms with Gasteiger partial charge in [-0.3, -0.25) is 10.2 Å². The summed E-state index contributed by atoms with van der Waals surface area (Å²) in [7, 11) is 1.38. The molecule has 6 nitrogen and oxygen atoms in total. The van der Waals surface area contributed by atoms with Crippen LogP contribution < -0.4 is 15.0 Å². The van der Waals surface area contributed by atoms with Crippen LogP contribution >= 0.6 is 0 Å². The molecule has 0 spiro atoms. The van der Waals surface area contributed by atoms with Crippen LogP contribution in [-0.2, 0) is 0 Å². The van der Waals surface area contributed by atoms with E-state index in [1.807, 2.05) is 0 Å². The van der Waals surface area contributed by atoms with E-state index in [0.717, 1.165) is 4.90 Å². The standard InChI is InChI=1S/C15H13FN2O4/c1-18(15(20)21)12-3-2-4-13(9-12)22-14(19)17-11-7-5-10(16)6-8-11/h2-9H,1H3,(H,17,19)(H,20,21). The minimum Gasteiger partial charge on any atom is -0.465 e. The Hall–Kier alpha value is -3.09. The molecule has 0 saturated carbocycles. The zero-order valence-corrected chi connectivity index (χ0v) is 11.6. The van der Waals surface area contributed by atoms with Gasteiger partial charge < -0.3 is 9.84 Å². The van der Waals surface area contributed by atoms with E-state index < -0.39 is 18.0 Å². The average molecular weight is 304 g/mol. The highest BCUT2D eigenvalue weighted by Crippen LogP contribution is 2.21. The first-order valence-corrected chi connectivity index (χ1v) is 6.27. The number of amides is 2. The van der Waals surface area contributed by atoms with E-state index in [4.69, 9.17) is 9.84 Å². The lowest BCUT2D eigenvalue weighted by Gasteiger charge is -2.14. The van der Waals surface area contributed by atoms with Crippen LogP contribution in [0.5, 0.6) is 5.75 Å². The fourth-order valence-electron chi connectivity index (χ4n) is 1.65. The number of benzene rings is 2. The van der Waals surface area contributed by atoms with E-state index in [1.165, 1.54) is 43.4 Å². The lowest BCUT2D eigenvalue weighted by atomic mass is 10.3. The fourth-order valence-corrected chi connectivity index (χ4v) is 1.65. The van der Waals surface area contributed by atoms with Crippen LogP contribution in [0.1, 0.15) is 0 Å². The summed E-state index contributed by atoms with van der Waals surface area (Å²) in [6.07, 6.45) is -1.89. The molecular formula is C15H13FN2O4. The molecule has 2 rings (SSSR count). The maximum absolute atomic E-state index is 12.8. The predicted octanol–water partition coefficient (Wildman–Crippen LogP) is 3.55. The van der Waals surface area contributed by atoms with Crippen LogP contribution in [0.15, 0.2) is 48.5 Å². The molecule has 0 fully saturated rings. The lowest BCUT2D eigenvalue weighted by molar-refractivity contribution is 0.203. The maximum Gasteiger partial charge on any atom is 0.417 e. The Kier molecular flexibility index (Phi) is 4.57. The molecule has 2 amide bonds. The molecule has 0 saturated heterocycles. The van der Waals surface area contributed by atoms with Gasteiger partial charge in [-0.25, -0.2) is 14.0 Å². The summed E-state index contributed by atoms with van der Waals surface area (Å²) in [5, 5.41) is 11.3. The largest absolute Gasteiger partial charge is 0.465 e. The quantitative estimate of drug-likeness (QED) is 0.909. The molecule has 0 bridgehead atoms. The normalized spacial score (nSPS) is 9.91. The van der Waals surface area contributed by atoms with Gasteiger partial charge in [-0.1, -0.05) is 6.07 Å². The average Bonchev–Trinajstić information content (AvgIpc) is 2.49. The zero-order valence-electron chi connectivity index (χ0n) is 11.6. The highest BCUT2D eigenvalue weighted by Gasteiger charge is 2.11. The fraction of sp³-hybridized carbons (Fsp3) is 0.0667. The Morgan fingerprint density at radius 2 is 1.86 bits per heavy atom. The first-order valence-electron chi connectivity index (χ1n) is 6.27. The molecule has 2 N–H and O–H groups in total. The number of carbonyl (C=O) groups excluding carboxylic acids is 1. The Labute approximate surface area is 125 Å². The van der Waals surface area contributed by atoms with Crippen LogP contribution in [0.4, 0.5) is 25.4 Å². The molecule has 7 heteroatoms. The van der Waals surface area contributed by atoms with Crippen LogP contribution in [0.2, 0.25) is 0 Å². The third-order valence-electron chi connectivity index (χ3n) is 2.79. The summed E-state index contributed by atoms with van der Waals surface area (Å²) in [5.74, 6) is -0.228. The van der Waals surface area contributed by atoms with Crippen molar-refractivity contribution in [3.8, 4) is 5.75 Å². The van der Waals surface area contributed by atoms with Crippen LogP contribution in [0.25, 0.3) is 0 Å². The molecule has 0 aromatic heterocycles. The second-order valence-corrected chi connectivity index (χ2v) is 4.36. The first kappa shape index (κ1) is 15.3. The van der Waals surface area contributed by atoms with Crippen molar-refractivity contribution in [1.29, 1.82) is 0 Å². The zero-order chi connectivity index (χ0) is 16.1. The number of rotatable bonds is 3. The van der Waals surface area contributed by atoms with E-state index in [9.17, 15) is 14.0 Å². The summed E-state index contributed by atoms with van der Waals surface area (Å²) < 4.78 is 17.8. The molecular weight excluding hydrogens is 291 g/mol. The van der Waals surface area contributed by atoms with Gasteiger partial charge in [0.05, 0.1) is 5.69 Å². The number of carbonyl (C=O) groups is 2. The molecule has 2 aromatic rings. The molecule has 0 aliphatic heterocycles. The summed E-state index contributed by atoms with van der Waals surface area (Å²) in [5.41, 5.74) is 0.741. The number of nitrogens with zero attached hydrogens (tertiary/aromatic N) is 1. The molecule has 22 heavy (non-hydrogen) atoms. The molecule has 0 radical (unpaired) electrons. The smallest absolute Gasteiger partial charge is 0.417 e. The predicted molar refractivity (Wildman–Crippen MR) is 78.9 cm³/mol. The molecule has 114 valence electrons. The van der Waals surface area contributed by atoms with Gasteiger partial charge in [0.2, 0.25) is 0 Å². The van der Waals surface area contributed by atoms with Crippen molar-refractivity contribution in [2.24, 2.45) is 0 Å². The third-order valence-corrected chi connectivity index (χ3v) is 2.79. The maximum atomic E-state index is 12.8. The van der Waals surface area contributed by atoms with E-state index in [1.54, 1.807) is 12.1 Å². The van der Waals surface area contributed by atoms with Gasteiger partial charge in [-0.15, -0.1) is 0 Å². The summed E-state index contributed by atoms with van der Waals surface area (Å²) in [4.78, 5) is 23.6. The van der Waals surface area contributed by atoms with E-state index in [2.05, 4.69) is 5.32 Å². The van der Waals surface area contributed by atoms with E-state index in [-0.39, 0.29) is 5.75 Å². The number of hydrogen-bond acceptors (Lipinski definition) is 3. The van der Waals surface area contributed by atoms with Gasteiger partial charge >= 0.3 is 12.2 Å². The molecule has 0 atom stereocenters. The van der Waals surface area contributed by atoms with Gasteiger partial charge in [0, 0.05) is 18.8 Å². The highest BCUT2D eigenvalue weighted by atomic mass is 19.1. The Bertz CT molecular complexity index is 688. The Morgan fingerprint density at radius 3 is 2.50 bits per heavy atom. The molecule has 0 heterocycles. The van der Waals surface area contributed by atoms with Crippen molar-refractivity contribution < 1.29 is 23.8 Å². The van der Waals surface area contributed by atoms with E-state index in [0.29, 0.717) is 11.4 Å². The number of hydrogen-bond donors (Lipinski definition) is 2. The second-order valence-electron chi connectivity index (χ2n) is 4.36. The minimum absolute atomic E-state index is 0.185. The van der Waals surface area contributed by atoms with Crippen LogP contribution in [0, 0.1) is 5.82 Å².